The molecule has 0 N–H and O–H groups in total. The fraction of sp³-hybridized carbons (Fsp3) is 0.438. The van der Waals surface area contributed by atoms with E-state index in [-0.39, 0.29) is 11.8 Å². The summed E-state index contributed by atoms with van der Waals surface area (Å²) in [6, 6.07) is 8.94. The van der Waals surface area contributed by atoms with Gasteiger partial charge < -0.3 is 9.80 Å². The summed E-state index contributed by atoms with van der Waals surface area (Å²) >= 11 is 0. The summed E-state index contributed by atoms with van der Waals surface area (Å²) in [5.41, 5.74) is 1.17. The first-order valence-electron chi connectivity index (χ1n) is 7.18. The maximum Gasteiger partial charge on any atom is 0.224 e. The van der Waals surface area contributed by atoms with Crippen LogP contribution in [0.15, 0.2) is 24.3 Å². The van der Waals surface area contributed by atoms with E-state index in [0.29, 0.717) is 24.2 Å². The van der Waals surface area contributed by atoms with Crippen LogP contribution in [0.2, 0.25) is 0 Å². The van der Waals surface area contributed by atoms with Crippen molar-refractivity contribution in [2.24, 2.45) is 0 Å². The van der Waals surface area contributed by atoms with Gasteiger partial charge in [0, 0.05) is 38.7 Å². The predicted molar refractivity (Wildman–Crippen MR) is 79.6 cm³/mol. The molecule has 1 heterocycles. The van der Waals surface area contributed by atoms with Gasteiger partial charge in [-0.15, -0.1) is 0 Å². The van der Waals surface area contributed by atoms with E-state index < -0.39 is 0 Å². The molecular formula is C16H19N3O2. The lowest BCUT2D eigenvalue weighted by molar-refractivity contribution is -0.129. The minimum absolute atomic E-state index is 0.0928. The highest BCUT2D eigenvalue weighted by Crippen LogP contribution is 2.17. The molecule has 0 aliphatic carbocycles. The molecule has 1 aromatic rings. The van der Waals surface area contributed by atoms with Crippen LogP contribution in [0.5, 0.6) is 0 Å². The number of hydrogen-bond acceptors (Lipinski definition) is 3. The average molecular weight is 285 g/mol. The average Bonchev–Trinajstić information content (AvgIpc) is 3.01. The Hall–Kier alpha value is -2.35. The van der Waals surface area contributed by atoms with E-state index in [2.05, 4.69) is 6.07 Å². The van der Waals surface area contributed by atoms with Gasteiger partial charge in [0.05, 0.1) is 11.6 Å². The highest BCUT2D eigenvalue weighted by atomic mass is 16.2. The lowest BCUT2D eigenvalue weighted by Gasteiger charge is -2.23. The number of amides is 2. The van der Waals surface area contributed by atoms with Crippen molar-refractivity contribution in [2.45, 2.75) is 26.2 Å². The quantitative estimate of drug-likeness (QED) is 0.849. The third kappa shape index (κ3) is 3.82. The van der Waals surface area contributed by atoms with E-state index in [1.807, 2.05) is 4.90 Å². The summed E-state index contributed by atoms with van der Waals surface area (Å²) in [6.45, 7) is 3.46. The standard InChI is InChI=1S/C16H19N3O2/c1-13(20)19(15-6-4-5-14(11-15)12-17)10-7-16(21)18-8-2-3-9-18/h4-6,11H,2-3,7-10H2,1H3. The molecule has 1 aliphatic rings. The minimum Gasteiger partial charge on any atom is -0.343 e. The summed E-state index contributed by atoms with van der Waals surface area (Å²) in [5.74, 6) is -0.0329. The Kier molecular flexibility index (Phi) is 4.94. The molecule has 2 rings (SSSR count). The van der Waals surface area contributed by atoms with Crippen molar-refractivity contribution in [3.05, 3.63) is 29.8 Å². The number of carbonyl (C=O) groups is 2. The van der Waals surface area contributed by atoms with Crippen LogP contribution >= 0.6 is 0 Å². The summed E-state index contributed by atoms with van der Waals surface area (Å²) in [7, 11) is 0. The smallest absolute Gasteiger partial charge is 0.224 e. The second-order valence-corrected chi connectivity index (χ2v) is 5.17. The molecule has 2 amide bonds. The van der Waals surface area contributed by atoms with Crippen LogP contribution in [-0.4, -0.2) is 36.3 Å². The number of likely N-dealkylation sites (tertiary alicyclic amines) is 1. The maximum absolute atomic E-state index is 12.1. The van der Waals surface area contributed by atoms with Crippen LogP contribution in [0.25, 0.3) is 0 Å². The van der Waals surface area contributed by atoms with Crippen molar-refractivity contribution >= 4 is 17.5 Å². The van der Waals surface area contributed by atoms with Crippen LogP contribution in [0.3, 0.4) is 0 Å². The molecule has 110 valence electrons. The SMILES string of the molecule is CC(=O)N(CCC(=O)N1CCCC1)c1cccc(C#N)c1. The number of carbonyl (C=O) groups excluding carboxylic acids is 2. The molecule has 0 radical (unpaired) electrons. The van der Waals surface area contributed by atoms with Crippen LogP contribution in [0, 0.1) is 11.3 Å². The van der Waals surface area contributed by atoms with E-state index in [1.165, 1.54) is 6.92 Å². The number of nitrogens with zero attached hydrogens (tertiary/aromatic N) is 3. The van der Waals surface area contributed by atoms with Gasteiger partial charge in [0.1, 0.15) is 0 Å². The number of rotatable bonds is 4. The molecule has 0 aromatic heterocycles. The van der Waals surface area contributed by atoms with Crippen LogP contribution in [0.4, 0.5) is 5.69 Å². The zero-order valence-electron chi connectivity index (χ0n) is 12.2. The third-order valence-corrected chi connectivity index (χ3v) is 3.68. The van der Waals surface area contributed by atoms with Gasteiger partial charge in [0.2, 0.25) is 11.8 Å². The zero-order chi connectivity index (χ0) is 15.2. The summed E-state index contributed by atoms with van der Waals surface area (Å²) in [6.07, 6.45) is 2.44. The summed E-state index contributed by atoms with van der Waals surface area (Å²) in [4.78, 5) is 27.3. The number of benzene rings is 1. The first-order valence-corrected chi connectivity index (χ1v) is 7.18. The highest BCUT2D eigenvalue weighted by molar-refractivity contribution is 5.92. The molecular weight excluding hydrogens is 266 g/mol. The molecule has 5 heteroatoms. The van der Waals surface area contributed by atoms with Gasteiger partial charge in [-0.2, -0.15) is 5.26 Å². The molecule has 21 heavy (non-hydrogen) atoms. The van der Waals surface area contributed by atoms with Gasteiger partial charge in [-0.25, -0.2) is 0 Å². The monoisotopic (exact) mass is 285 g/mol. The van der Waals surface area contributed by atoms with Crippen molar-refractivity contribution in [1.29, 1.82) is 5.26 Å². The molecule has 1 fully saturated rings. The van der Waals surface area contributed by atoms with E-state index in [9.17, 15) is 9.59 Å². The van der Waals surface area contributed by atoms with Gasteiger partial charge in [-0.1, -0.05) is 6.07 Å². The highest BCUT2D eigenvalue weighted by Gasteiger charge is 2.20. The molecule has 0 bridgehead atoms. The molecule has 1 saturated heterocycles. The molecule has 0 spiro atoms. The van der Waals surface area contributed by atoms with Crippen molar-refractivity contribution in [2.75, 3.05) is 24.5 Å². The van der Waals surface area contributed by atoms with Gasteiger partial charge in [0.25, 0.3) is 0 Å². The molecule has 0 unspecified atom stereocenters. The third-order valence-electron chi connectivity index (χ3n) is 3.68. The fourth-order valence-electron chi connectivity index (χ4n) is 2.54. The van der Waals surface area contributed by atoms with Crippen molar-refractivity contribution in [3.63, 3.8) is 0 Å². The molecule has 0 atom stereocenters. The topological polar surface area (TPSA) is 64.4 Å². The molecule has 5 nitrogen and oxygen atoms in total. The maximum atomic E-state index is 12.1. The van der Waals surface area contributed by atoms with Crippen molar-refractivity contribution in [1.82, 2.24) is 4.90 Å². The van der Waals surface area contributed by atoms with Gasteiger partial charge in [-0.05, 0) is 31.0 Å². The van der Waals surface area contributed by atoms with Gasteiger partial charge in [-0.3, -0.25) is 9.59 Å². The van der Waals surface area contributed by atoms with Crippen molar-refractivity contribution in [3.8, 4) is 6.07 Å². The Labute approximate surface area is 124 Å². The van der Waals surface area contributed by atoms with Crippen molar-refractivity contribution < 1.29 is 9.59 Å². The van der Waals surface area contributed by atoms with Crippen LogP contribution in [0.1, 0.15) is 31.7 Å². The Balaban J connectivity index is 2.03. The van der Waals surface area contributed by atoms with E-state index in [1.54, 1.807) is 29.2 Å². The summed E-state index contributed by atoms with van der Waals surface area (Å²) < 4.78 is 0. The second-order valence-electron chi connectivity index (χ2n) is 5.17. The van der Waals surface area contributed by atoms with E-state index in [0.717, 1.165) is 25.9 Å². The minimum atomic E-state index is -0.126. The van der Waals surface area contributed by atoms with E-state index in [4.69, 9.17) is 5.26 Å². The zero-order valence-corrected chi connectivity index (χ0v) is 12.2. The predicted octanol–water partition coefficient (Wildman–Crippen LogP) is 1.92. The molecule has 1 aromatic carbocycles. The normalized spacial score (nSPS) is 13.8. The first-order chi connectivity index (χ1) is 10.1. The van der Waals surface area contributed by atoms with Gasteiger partial charge in [0.15, 0.2) is 0 Å². The first kappa shape index (κ1) is 15.0. The van der Waals surface area contributed by atoms with E-state index >= 15 is 0 Å². The Morgan fingerprint density at radius 3 is 2.67 bits per heavy atom. The largest absolute Gasteiger partial charge is 0.343 e. The molecule has 1 aliphatic heterocycles. The van der Waals surface area contributed by atoms with Crippen LogP contribution < -0.4 is 4.90 Å². The number of anilines is 1. The lowest BCUT2D eigenvalue weighted by atomic mass is 10.2. The lowest BCUT2D eigenvalue weighted by Crippen LogP contribution is -2.35. The second kappa shape index (κ2) is 6.89. The summed E-state index contributed by atoms with van der Waals surface area (Å²) in [5, 5.41) is 8.93. The Morgan fingerprint density at radius 2 is 2.05 bits per heavy atom. The van der Waals surface area contributed by atoms with Crippen LogP contribution in [-0.2, 0) is 9.59 Å². The Bertz CT molecular complexity index is 571. The fourth-order valence-corrected chi connectivity index (χ4v) is 2.54. The number of hydrogen-bond donors (Lipinski definition) is 0. The molecule has 0 saturated carbocycles. The van der Waals surface area contributed by atoms with Gasteiger partial charge >= 0.3 is 0 Å². The Morgan fingerprint density at radius 1 is 1.33 bits per heavy atom. The number of nitriles is 1.